The van der Waals surface area contributed by atoms with E-state index in [1.165, 1.54) is 0 Å². The molecule has 76 valence electrons. The number of carbonyl (C=O) groups is 1. The highest BCUT2D eigenvalue weighted by Crippen LogP contribution is 2.12. The van der Waals surface area contributed by atoms with E-state index in [1.807, 2.05) is 18.2 Å². The van der Waals surface area contributed by atoms with E-state index in [4.69, 9.17) is 11.5 Å². The standard InChI is InChI=1S/C11H16N2O/c1-8(14)4-9-2-3-10(6-12)11(5-9)7-13/h2-3,5H,4,6-7,12-13H2,1H3. The van der Waals surface area contributed by atoms with Crippen LogP contribution in [0.2, 0.25) is 0 Å². The van der Waals surface area contributed by atoms with Gasteiger partial charge in [-0.25, -0.2) is 0 Å². The molecule has 0 saturated heterocycles. The Morgan fingerprint density at radius 3 is 2.36 bits per heavy atom. The van der Waals surface area contributed by atoms with E-state index in [9.17, 15) is 4.79 Å². The van der Waals surface area contributed by atoms with Crippen LogP contribution in [0.5, 0.6) is 0 Å². The third-order valence-electron chi connectivity index (χ3n) is 2.16. The fourth-order valence-electron chi connectivity index (χ4n) is 1.47. The number of benzene rings is 1. The van der Waals surface area contributed by atoms with Gasteiger partial charge in [-0.1, -0.05) is 18.2 Å². The Bertz CT molecular complexity index is 334. The summed E-state index contributed by atoms with van der Waals surface area (Å²) in [5, 5.41) is 0. The highest BCUT2D eigenvalue weighted by Gasteiger charge is 2.02. The predicted octanol–water partition coefficient (Wildman–Crippen LogP) is 0.736. The molecule has 1 aromatic carbocycles. The summed E-state index contributed by atoms with van der Waals surface area (Å²) in [6.45, 7) is 2.55. The van der Waals surface area contributed by atoms with Crippen molar-refractivity contribution in [1.82, 2.24) is 0 Å². The highest BCUT2D eigenvalue weighted by atomic mass is 16.1. The normalized spacial score (nSPS) is 10.2. The van der Waals surface area contributed by atoms with E-state index in [2.05, 4.69) is 0 Å². The first-order chi connectivity index (χ1) is 6.67. The number of Topliss-reactive ketones (excluding diaryl/α,β-unsaturated/α-hetero) is 1. The van der Waals surface area contributed by atoms with E-state index >= 15 is 0 Å². The molecule has 0 fully saturated rings. The zero-order chi connectivity index (χ0) is 10.6. The summed E-state index contributed by atoms with van der Waals surface area (Å²) in [7, 11) is 0. The first-order valence-electron chi connectivity index (χ1n) is 4.67. The van der Waals surface area contributed by atoms with Crippen molar-refractivity contribution in [3.63, 3.8) is 0 Å². The second kappa shape index (κ2) is 4.88. The van der Waals surface area contributed by atoms with Crippen molar-refractivity contribution in [3.8, 4) is 0 Å². The summed E-state index contributed by atoms with van der Waals surface area (Å²) >= 11 is 0. The summed E-state index contributed by atoms with van der Waals surface area (Å²) in [5.41, 5.74) is 14.2. The lowest BCUT2D eigenvalue weighted by atomic mass is 10.0. The second-order valence-corrected chi connectivity index (χ2v) is 3.39. The van der Waals surface area contributed by atoms with Gasteiger partial charge in [0, 0.05) is 19.5 Å². The third kappa shape index (κ3) is 2.65. The zero-order valence-corrected chi connectivity index (χ0v) is 8.42. The van der Waals surface area contributed by atoms with Gasteiger partial charge < -0.3 is 11.5 Å². The Kier molecular flexibility index (Phi) is 3.80. The Labute approximate surface area is 84.1 Å². The number of ketones is 1. The minimum absolute atomic E-state index is 0.161. The van der Waals surface area contributed by atoms with Crippen LogP contribution in [0.3, 0.4) is 0 Å². The monoisotopic (exact) mass is 192 g/mol. The third-order valence-corrected chi connectivity index (χ3v) is 2.16. The number of rotatable bonds is 4. The molecule has 0 bridgehead atoms. The molecule has 3 heteroatoms. The van der Waals surface area contributed by atoms with E-state index in [0.29, 0.717) is 19.5 Å². The van der Waals surface area contributed by atoms with Gasteiger partial charge in [-0.3, -0.25) is 4.79 Å². The molecule has 0 heterocycles. The summed E-state index contributed by atoms with van der Waals surface area (Å²) in [4.78, 5) is 10.9. The van der Waals surface area contributed by atoms with Crippen molar-refractivity contribution < 1.29 is 4.79 Å². The van der Waals surface area contributed by atoms with E-state index in [1.54, 1.807) is 6.92 Å². The lowest BCUT2D eigenvalue weighted by Crippen LogP contribution is -2.07. The molecule has 0 spiro atoms. The summed E-state index contributed by atoms with van der Waals surface area (Å²) in [6, 6.07) is 5.84. The van der Waals surface area contributed by atoms with Gasteiger partial charge >= 0.3 is 0 Å². The maximum absolute atomic E-state index is 10.9. The largest absolute Gasteiger partial charge is 0.326 e. The van der Waals surface area contributed by atoms with Crippen LogP contribution in [0.1, 0.15) is 23.6 Å². The SMILES string of the molecule is CC(=O)Cc1ccc(CN)c(CN)c1. The van der Waals surface area contributed by atoms with Gasteiger partial charge in [0.1, 0.15) is 5.78 Å². The van der Waals surface area contributed by atoms with Crippen LogP contribution in [0.15, 0.2) is 18.2 Å². The van der Waals surface area contributed by atoms with Gasteiger partial charge in [-0.05, 0) is 23.6 Å². The van der Waals surface area contributed by atoms with Crippen LogP contribution in [-0.2, 0) is 24.3 Å². The Balaban J connectivity index is 2.95. The van der Waals surface area contributed by atoms with Crippen LogP contribution < -0.4 is 11.5 Å². The number of hydrogen-bond acceptors (Lipinski definition) is 3. The molecule has 0 aromatic heterocycles. The summed E-state index contributed by atoms with van der Waals surface area (Å²) < 4.78 is 0. The minimum atomic E-state index is 0.161. The molecule has 14 heavy (non-hydrogen) atoms. The summed E-state index contributed by atoms with van der Waals surface area (Å²) in [5.74, 6) is 0.161. The van der Waals surface area contributed by atoms with Crippen LogP contribution >= 0.6 is 0 Å². The molecule has 1 rings (SSSR count). The van der Waals surface area contributed by atoms with E-state index in [0.717, 1.165) is 16.7 Å². The smallest absolute Gasteiger partial charge is 0.134 e. The first kappa shape index (κ1) is 10.9. The molecular weight excluding hydrogens is 176 g/mol. The van der Waals surface area contributed by atoms with Crippen molar-refractivity contribution in [1.29, 1.82) is 0 Å². The molecule has 0 radical (unpaired) electrons. The Morgan fingerprint density at radius 2 is 1.86 bits per heavy atom. The van der Waals surface area contributed by atoms with Crippen molar-refractivity contribution in [3.05, 3.63) is 34.9 Å². The Hall–Kier alpha value is -1.19. The van der Waals surface area contributed by atoms with Crippen molar-refractivity contribution in [2.75, 3.05) is 0 Å². The quantitative estimate of drug-likeness (QED) is 0.739. The maximum atomic E-state index is 10.9. The minimum Gasteiger partial charge on any atom is -0.326 e. The number of carbonyl (C=O) groups excluding carboxylic acids is 1. The molecule has 0 atom stereocenters. The zero-order valence-electron chi connectivity index (χ0n) is 8.42. The highest BCUT2D eigenvalue weighted by molar-refractivity contribution is 5.78. The molecule has 0 unspecified atom stereocenters. The van der Waals surface area contributed by atoms with Gasteiger partial charge in [-0.2, -0.15) is 0 Å². The van der Waals surface area contributed by atoms with E-state index in [-0.39, 0.29) is 5.78 Å². The lowest BCUT2D eigenvalue weighted by Gasteiger charge is -2.07. The number of hydrogen-bond donors (Lipinski definition) is 2. The van der Waals surface area contributed by atoms with Gasteiger partial charge in [0.05, 0.1) is 0 Å². The maximum Gasteiger partial charge on any atom is 0.134 e. The molecule has 0 saturated carbocycles. The van der Waals surface area contributed by atoms with Crippen LogP contribution in [0, 0.1) is 0 Å². The van der Waals surface area contributed by atoms with Gasteiger partial charge in [-0.15, -0.1) is 0 Å². The fraction of sp³-hybridized carbons (Fsp3) is 0.364. The average Bonchev–Trinajstić information content (AvgIpc) is 2.16. The van der Waals surface area contributed by atoms with E-state index < -0.39 is 0 Å². The molecule has 3 nitrogen and oxygen atoms in total. The van der Waals surface area contributed by atoms with Gasteiger partial charge in [0.15, 0.2) is 0 Å². The molecular formula is C11H16N2O. The van der Waals surface area contributed by atoms with Crippen molar-refractivity contribution >= 4 is 5.78 Å². The number of nitrogens with two attached hydrogens (primary N) is 2. The predicted molar refractivity (Wildman–Crippen MR) is 56.6 cm³/mol. The van der Waals surface area contributed by atoms with Gasteiger partial charge in [0.2, 0.25) is 0 Å². The molecule has 0 aliphatic carbocycles. The fourth-order valence-corrected chi connectivity index (χ4v) is 1.47. The van der Waals surface area contributed by atoms with Crippen molar-refractivity contribution in [2.45, 2.75) is 26.4 Å². The van der Waals surface area contributed by atoms with Crippen molar-refractivity contribution in [2.24, 2.45) is 11.5 Å². The van der Waals surface area contributed by atoms with Gasteiger partial charge in [0.25, 0.3) is 0 Å². The van der Waals surface area contributed by atoms with Crippen LogP contribution in [-0.4, -0.2) is 5.78 Å². The molecule has 1 aromatic rings. The Morgan fingerprint density at radius 1 is 1.21 bits per heavy atom. The van der Waals surface area contributed by atoms with Crippen LogP contribution in [0.4, 0.5) is 0 Å². The molecule has 0 aliphatic heterocycles. The lowest BCUT2D eigenvalue weighted by molar-refractivity contribution is -0.116. The molecule has 4 N–H and O–H groups in total. The van der Waals surface area contributed by atoms with Crippen LogP contribution in [0.25, 0.3) is 0 Å². The second-order valence-electron chi connectivity index (χ2n) is 3.39. The average molecular weight is 192 g/mol. The summed E-state index contributed by atoms with van der Waals surface area (Å²) in [6.07, 6.45) is 0.470. The first-order valence-corrected chi connectivity index (χ1v) is 4.67. The molecule has 0 amide bonds. The molecule has 0 aliphatic rings. The topological polar surface area (TPSA) is 69.1 Å².